The molecule has 1 aliphatic heterocycles. The van der Waals surface area contributed by atoms with E-state index < -0.39 is 35.9 Å². The third kappa shape index (κ3) is 3.69. The van der Waals surface area contributed by atoms with E-state index in [1.54, 1.807) is 60.7 Å². The van der Waals surface area contributed by atoms with Crippen LogP contribution in [0.4, 0.5) is 0 Å². The van der Waals surface area contributed by atoms with Crippen LogP contribution in [-0.2, 0) is 14.4 Å². The van der Waals surface area contributed by atoms with E-state index in [1.165, 1.54) is 4.90 Å². The predicted molar refractivity (Wildman–Crippen MR) is 95.4 cm³/mol. The Labute approximate surface area is 154 Å². The van der Waals surface area contributed by atoms with Crippen LogP contribution in [0, 0.1) is 4.91 Å². The maximum Gasteiger partial charge on any atom is 0.331 e. The quantitative estimate of drug-likeness (QED) is 0.570. The van der Waals surface area contributed by atoms with Gasteiger partial charge in [-0.25, -0.2) is 4.79 Å². The molecule has 0 bridgehead atoms. The number of nitrogens with one attached hydrogen (secondary N) is 1. The van der Waals surface area contributed by atoms with Gasteiger partial charge < -0.3 is 15.3 Å². The van der Waals surface area contributed by atoms with Gasteiger partial charge in [-0.15, -0.1) is 4.91 Å². The Balaban J connectivity index is 1.67. The van der Waals surface area contributed by atoms with Crippen LogP contribution in [0.5, 0.6) is 0 Å². The summed E-state index contributed by atoms with van der Waals surface area (Å²) < 4.78 is 0. The average Bonchev–Trinajstić information content (AvgIpc) is 2.68. The minimum atomic E-state index is -1.27. The predicted octanol–water partition coefficient (Wildman–Crippen LogP) is 1.65. The Morgan fingerprint density at radius 1 is 1.04 bits per heavy atom. The standard InChI is InChI=1S/C19H17N3O5/c23-17(15(21-27)12-7-3-1-4-8-12)20-14-11-22(18(14)24)16(19(25)26)13-9-5-2-6-10-13/h1-10,14-16H,11H2,(H,20,23)(H,25,26). The first kappa shape index (κ1) is 18.2. The van der Waals surface area contributed by atoms with Gasteiger partial charge in [-0.2, -0.15) is 0 Å². The molecular formula is C19H17N3O5. The van der Waals surface area contributed by atoms with Crippen molar-refractivity contribution in [1.29, 1.82) is 0 Å². The Morgan fingerprint density at radius 3 is 2.07 bits per heavy atom. The molecule has 2 aromatic rings. The molecule has 8 heteroatoms. The minimum absolute atomic E-state index is 0.0385. The fraction of sp³-hybridized carbons (Fsp3) is 0.211. The van der Waals surface area contributed by atoms with E-state index in [4.69, 9.17) is 0 Å². The first-order valence-electron chi connectivity index (χ1n) is 8.29. The number of β-lactam (4-membered cyclic amide) rings is 1. The fourth-order valence-corrected chi connectivity index (χ4v) is 3.03. The van der Waals surface area contributed by atoms with Crippen molar-refractivity contribution in [1.82, 2.24) is 10.2 Å². The van der Waals surface area contributed by atoms with Crippen molar-refractivity contribution in [2.75, 3.05) is 6.54 Å². The largest absolute Gasteiger partial charge is 0.479 e. The van der Waals surface area contributed by atoms with Gasteiger partial charge in [0, 0.05) is 0 Å². The van der Waals surface area contributed by atoms with E-state index in [9.17, 15) is 24.4 Å². The molecule has 0 radical (unpaired) electrons. The molecule has 3 atom stereocenters. The molecule has 2 aromatic carbocycles. The number of carbonyl (C=O) groups is 3. The number of nitroso groups, excluding NO2 is 1. The number of carbonyl (C=O) groups excluding carboxylic acids is 2. The Bertz CT molecular complexity index is 856. The zero-order chi connectivity index (χ0) is 19.4. The van der Waals surface area contributed by atoms with Crippen LogP contribution < -0.4 is 5.32 Å². The molecule has 27 heavy (non-hydrogen) atoms. The molecule has 0 spiro atoms. The molecule has 0 saturated carbocycles. The number of carboxylic acid groups (broad SMARTS) is 1. The Kier molecular flexibility index (Phi) is 5.25. The monoisotopic (exact) mass is 367 g/mol. The van der Waals surface area contributed by atoms with Crippen LogP contribution in [0.2, 0.25) is 0 Å². The molecule has 8 nitrogen and oxygen atoms in total. The van der Waals surface area contributed by atoms with Crippen molar-refractivity contribution in [2.24, 2.45) is 5.18 Å². The van der Waals surface area contributed by atoms with Crippen molar-refractivity contribution in [3.05, 3.63) is 76.7 Å². The summed E-state index contributed by atoms with van der Waals surface area (Å²) in [5.41, 5.74) is 0.890. The lowest BCUT2D eigenvalue weighted by Gasteiger charge is -2.42. The van der Waals surface area contributed by atoms with Gasteiger partial charge in [0.25, 0.3) is 5.91 Å². The number of amides is 2. The second kappa shape index (κ2) is 7.77. The van der Waals surface area contributed by atoms with Crippen LogP contribution in [0.25, 0.3) is 0 Å². The molecule has 1 saturated heterocycles. The zero-order valence-electron chi connectivity index (χ0n) is 14.2. The van der Waals surface area contributed by atoms with Crippen LogP contribution >= 0.6 is 0 Å². The molecule has 3 rings (SSSR count). The minimum Gasteiger partial charge on any atom is -0.479 e. The van der Waals surface area contributed by atoms with E-state index in [-0.39, 0.29) is 6.54 Å². The summed E-state index contributed by atoms with van der Waals surface area (Å²) in [5.74, 6) is -2.37. The molecule has 1 aliphatic rings. The number of hydrogen-bond acceptors (Lipinski definition) is 5. The van der Waals surface area contributed by atoms with E-state index in [1.807, 2.05) is 0 Å². The fourth-order valence-electron chi connectivity index (χ4n) is 3.03. The van der Waals surface area contributed by atoms with Crippen molar-refractivity contribution in [3.63, 3.8) is 0 Å². The number of rotatable bonds is 7. The van der Waals surface area contributed by atoms with Crippen LogP contribution in [0.3, 0.4) is 0 Å². The molecule has 3 unspecified atom stereocenters. The molecule has 0 aromatic heterocycles. The van der Waals surface area contributed by atoms with E-state index >= 15 is 0 Å². The average molecular weight is 367 g/mol. The second-order valence-corrected chi connectivity index (χ2v) is 6.12. The number of benzene rings is 2. The lowest BCUT2D eigenvalue weighted by atomic mass is 9.97. The highest BCUT2D eigenvalue weighted by atomic mass is 16.4. The van der Waals surface area contributed by atoms with Gasteiger partial charge in [0.2, 0.25) is 5.91 Å². The third-order valence-corrected chi connectivity index (χ3v) is 4.41. The van der Waals surface area contributed by atoms with Crippen molar-refractivity contribution < 1.29 is 19.5 Å². The van der Waals surface area contributed by atoms with E-state index in [2.05, 4.69) is 10.5 Å². The zero-order valence-corrected chi connectivity index (χ0v) is 14.2. The van der Waals surface area contributed by atoms with Gasteiger partial charge >= 0.3 is 5.97 Å². The van der Waals surface area contributed by atoms with Gasteiger partial charge in [0.1, 0.15) is 6.04 Å². The van der Waals surface area contributed by atoms with Crippen molar-refractivity contribution in [3.8, 4) is 0 Å². The van der Waals surface area contributed by atoms with Gasteiger partial charge in [0.05, 0.1) is 6.54 Å². The van der Waals surface area contributed by atoms with Gasteiger partial charge in [-0.1, -0.05) is 65.8 Å². The summed E-state index contributed by atoms with van der Waals surface area (Å²) in [6, 6.07) is 13.4. The smallest absolute Gasteiger partial charge is 0.331 e. The van der Waals surface area contributed by atoms with Crippen LogP contribution in [-0.4, -0.2) is 40.4 Å². The third-order valence-electron chi connectivity index (χ3n) is 4.41. The molecular weight excluding hydrogens is 350 g/mol. The molecule has 1 fully saturated rings. The summed E-state index contributed by atoms with van der Waals surface area (Å²) in [6.45, 7) is 0.0385. The number of hydrogen-bond donors (Lipinski definition) is 2. The maximum absolute atomic E-state index is 12.4. The van der Waals surface area contributed by atoms with Crippen molar-refractivity contribution >= 4 is 17.8 Å². The number of carboxylic acids is 1. The summed E-state index contributed by atoms with van der Waals surface area (Å²) in [6.07, 6.45) is 0. The number of likely N-dealkylation sites (tertiary alicyclic amines) is 1. The highest BCUT2D eigenvalue weighted by molar-refractivity contribution is 5.96. The second-order valence-electron chi connectivity index (χ2n) is 6.12. The highest BCUT2D eigenvalue weighted by Crippen LogP contribution is 2.28. The first-order valence-corrected chi connectivity index (χ1v) is 8.29. The summed E-state index contributed by atoms with van der Waals surface area (Å²) in [5, 5.41) is 14.8. The Morgan fingerprint density at radius 2 is 1.59 bits per heavy atom. The van der Waals surface area contributed by atoms with Gasteiger partial charge in [-0.3, -0.25) is 9.59 Å². The van der Waals surface area contributed by atoms with Gasteiger partial charge in [0.15, 0.2) is 12.1 Å². The molecule has 138 valence electrons. The Hall–Kier alpha value is -3.55. The summed E-state index contributed by atoms with van der Waals surface area (Å²) >= 11 is 0. The SMILES string of the molecule is O=NC(C(=O)NC1CN(C(C(=O)O)c2ccccc2)C1=O)c1ccccc1. The van der Waals surface area contributed by atoms with Crippen LogP contribution in [0.1, 0.15) is 23.2 Å². The number of aliphatic carboxylic acids is 1. The summed E-state index contributed by atoms with van der Waals surface area (Å²) in [7, 11) is 0. The van der Waals surface area contributed by atoms with Gasteiger partial charge in [-0.05, 0) is 11.1 Å². The molecule has 2 N–H and O–H groups in total. The lowest BCUT2D eigenvalue weighted by Crippen LogP contribution is -2.65. The summed E-state index contributed by atoms with van der Waals surface area (Å²) in [4.78, 5) is 48.6. The maximum atomic E-state index is 12.4. The highest BCUT2D eigenvalue weighted by Gasteiger charge is 2.45. The number of nitrogens with zero attached hydrogens (tertiary/aromatic N) is 2. The van der Waals surface area contributed by atoms with E-state index in [0.29, 0.717) is 11.1 Å². The normalized spacial score (nSPS) is 18.1. The van der Waals surface area contributed by atoms with Crippen molar-refractivity contribution in [2.45, 2.75) is 18.1 Å². The van der Waals surface area contributed by atoms with E-state index in [0.717, 1.165) is 0 Å². The molecule has 2 amide bonds. The van der Waals surface area contributed by atoms with Crippen LogP contribution in [0.15, 0.2) is 65.8 Å². The topological polar surface area (TPSA) is 116 Å². The molecule has 1 heterocycles. The lowest BCUT2D eigenvalue weighted by molar-refractivity contribution is -0.160. The molecule has 0 aliphatic carbocycles. The first-order chi connectivity index (χ1) is 13.0.